The summed E-state index contributed by atoms with van der Waals surface area (Å²) in [6.07, 6.45) is 5.21. The van der Waals surface area contributed by atoms with Gasteiger partial charge in [0.1, 0.15) is 5.60 Å². The molecule has 0 radical (unpaired) electrons. The van der Waals surface area contributed by atoms with E-state index in [-0.39, 0.29) is 18.6 Å². The molecule has 0 bridgehead atoms. The van der Waals surface area contributed by atoms with Gasteiger partial charge in [0, 0.05) is 23.2 Å². The van der Waals surface area contributed by atoms with Crippen LogP contribution in [0.2, 0.25) is 0 Å². The van der Waals surface area contributed by atoms with Crippen LogP contribution in [0.15, 0.2) is 23.8 Å². The number of hydrogen-bond acceptors (Lipinski definition) is 4. The Labute approximate surface area is 156 Å². The van der Waals surface area contributed by atoms with Crippen LogP contribution in [0, 0.1) is 22.7 Å². The largest absolute Gasteiger partial charge is 0.381 e. The van der Waals surface area contributed by atoms with Crippen LogP contribution in [0.4, 0.5) is 8.78 Å². The average molecular weight is 378 g/mol. The summed E-state index contributed by atoms with van der Waals surface area (Å²) >= 11 is 0. The number of Topliss-reactive ketones (excluding diaryl/α,β-unsaturated/α-hetero) is 2. The second-order valence-corrected chi connectivity index (χ2v) is 9.04. The minimum absolute atomic E-state index is 0.0461. The lowest BCUT2D eigenvalue weighted by Crippen LogP contribution is -2.67. The van der Waals surface area contributed by atoms with Gasteiger partial charge in [-0.05, 0) is 50.7 Å². The van der Waals surface area contributed by atoms with Crippen LogP contribution >= 0.6 is 0 Å². The van der Waals surface area contributed by atoms with Crippen molar-refractivity contribution in [1.82, 2.24) is 0 Å². The van der Waals surface area contributed by atoms with Crippen LogP contribution in [-0.2, 0) is 14.4 Å². The van der Waals surface area contributed by atoms with Gasteiger partial charge in [-0.3, -0.25) is 14.4 Å². The molecule has 6 heteroatoms. The summed E-state index contributed by atoms with van der Waals surface area (Å²) in [5, 5.41) is 11.0. The fourth-order valence-corrected chi connectivity index (χ4v) is 6.51. The summed E-state index contributed by atoms with van der Waals surface area (Å²) in [5.74, 6) is -2.86. The summed E-state index contributed by atoms with van der Waals surface area (Å²) < 4.78 is 29.7. The molecule has 6 atom stereocenters. The SMILES string of the molecule is C[C@]12C=CC(=O)C=C1CC[C@H]1[C@@H]3CC[C@](O)(C(=O)CF)[C@@]3(C)CC(=O)[C@@]12F. The van der Waals surface area contributed by atoms with Gasteiger partial charge in [0.15, 0.2) is 29.7 Å². The molecule has 4 rings (SSSR count). The Morgan fingerprint density at radius 3 is 2.63 bits per heavy atom. The third-order valence-corrected chi connectivity index (χ3v) is 8.14. The molecule has 4 nitrogen and oxygen atoms in total. The van der Waals surface area contributed by atoms with Gasteiger partial charge in [-0.2, -0.15) is 0 Å². The first-order valence-corrected chi connectivity index (χ1v) is 9.53. The lowest BCUT2D eigenvalue weighted by atomic mass is 9.45. The number of carbonyl (C=O) groups is 3. The topological polar surface area (TPSA) is 71.4 Å². The molecule has 0 aliphatic heterocycles. The Morgan fingerprint density at radius 2 is 1.96 bits per heavy atom. The van der Waals surface area contributed by atoms with Gasteiger partial charge in [-0.1, -0.05) is 18.6 Å². The number of hydrogen-bond donors (Lipinski definition) is 1. The van der Waals surface area contributed by atoms with Gasteiger partial charge in [-0.15, -0.1) is 0 Å². The van der Waals surface area contributed by atoms with Gasteiger partial charge in [0.05, 0.1) is 0 Å². The van der Waals surface area contributed by atoms with Crippen molar-refractivity contribution in [2.24, 2.45) is 22.7 Å². The average Bonchev–Trinajstić information content (AvgIpc) is 2.88. The molecular formula is C21H24F2O4. The maximum atomic E-state index is 16.6. The summed E-state index contributed by atoms with van der Waals surface area (Å²) in [6.45, 7) is 1.99. The molecule has 0 aromatic heterocycles. The Kier molecular flexibility index (Phi) is 3.76. The van der Waals surface area contributed by atoms with Crippen molar-refractivity contribution < 1.29 is 28.3 Å². The number of aliphatic hydroxyl groups is 1. The molecule has 27 heavy (non-hydrogen) atoms. The van der Waals surface area contributed by atoms with E-state index in [1.54, 1.807) is 13.8 Å². The summed E-state index contributed by atoms with van der Waals surface area (Å²) in [7, 11) is 0. The van der Waals surface area contributed by atoms with Crippen molar-refractivity contribution in [2.45, 2.75) is 57.2 Å². The number of fused-ring (bicyclic) bond motifs is 5. The number of carbonyl (C=O) groups excluding carboxylic acids is 3. The molecule has 146 valence electrons. The van der Waals surface area contributed by atoms with Crippen molar-refractivity contribution in [3.05, 3.63) is 23.8 Å². The van der Waals surface area contributed by atoms with E-state index in [4.69, 9.17) is 0 Å². The van der Waals surface area contributed by atoms with E-state index in [1.807, 2.05) is 0 Å². The quantitative estimate of drug-likeness (QED) is 0.802. The fraction of sp³-hybridized carbons (Fsp3) is 0.667. The maximum Gasteiger partial charge on any atom is 0.195 e. The van der Waals surface area contributed by atoms with Gasteiger partial charge >= 0.3 is 0 Å². The third-order valence-electron chi connectivity index (χ3n) is 8.14. The van der Waals surface area contributed by atoms with E-state index >= 15 is 4.39 Å². The lowest BCUT2D eigenvalue weighted by Gasteiger charge is -2.59. The molecule has 1 N–H and O–H groups in total. The normalized spacial score (nSPS) is 48.6. The van der Waals surface area contributed by atoms with E-state index in [0.29, 0.717) is 24.8 Å². The lowest BCUT2D eigenvalue weighted by molar-refractivity contribution is -0.183. The van der Waals surface area contributed by atoms with Crippen molar-refractivity contribution in [1.29, 1.82) is 0 Å². The van der Waals surface area contributed by atoms with Crippen LogP contribution < -0.4 is 0 Å². The molecule has 3 fully saturated rings. The van der Waals surface area contributed by atoms with Gasteiger partial charge in [0.2, 0.25) is 0 Å². The smallest absolute Gasteiger partial charge is 0.195 e. The first-order valence-electron chi connectivity index (χ1n) is 9.53. The highest BCUT2D eigenvalue weighted by atomic mass is 19.1. The minimum Gasteiger partial charge on any atom is -0.381 e. The predicted molar refractivity (Wildman–Crippen MR) is 93.3 cm³/mol. The number of ketones is 3. The molecule has 0 aromatic carbocycles. The Morgan fingerprint density at radius 1 is 1.26 bits per heavy atom. The van der Waals surface area contributed by atoms with E-state index in [0.717, 1.165) is 0 Å². The molecule has 0 aromatic rings. The van der Waals surface area contributed by atoms with Gasteiger partial charge in [-0.25, -0.2) is 8.78 Å². The maximum absolute atomic E-state index is 16.6. The van der Waals surface area contributed by atoms with E-state index in [9.17, 15) is 23.9 Å². The Hall–Kier alpha value is -1.69. The molecule has 0 unspecified atom stereocenters. The minimum atomic E-state index is -2.19. The Bertz CT molecular complexity index is 817. The highest BCUT2D eigenvalue weighted by Gasteiger charge is 2.74. The second kappa shape index (κ2) is 5.43. The van der Waals surface area contributed by atoms with Crippen molar-refractivity contribution in [3.63, 3.8) is 0 Å². The zero-order chi connectivity index (χ0) is 19.8. The number of allylic oxidation sites excluding steroid dienone is 4. The molecule has 0 spiro atoms. The predicted octanol–water partition coefficient (Wildman–Crippen LogP) is 2.84. The van der Waals surface area contributed by atoms with Crippen molar-refractivity contribution >= 4 is 17.3 Å². The monoisotopic (exact) mass is 378 g/mol. The first-order chi connectivity index (χ1) is 12.5. The molecule has 4 aliphatic carbocycles. The van der Waals surface area contributed by atoms with Crippen LogP contribution in [0.3, 0.4) is 0 Å². The second-order valence-electron chi connectivity index (χ2n) is 9.04. The highest BCUT2D eigenvalue weighted by Crippen LogP contribution is 2.68. The number of alkyl halides is 2. The van der Waals surface area contributed by atoms with Crippen LogP contribution in [0.5, 0.6) is 0 Å². The third kappa shape index (κ3) is 1.97. The standard InChI is InChI=1S/C21H24F2O4/c1-18-7-5-13(24)9-12(18)3-4-15-14-6-8-20(27,17(26)11-22)19(14,2)10-16(25)21(15,18)23/h5,7,9,14-15,27H,3-4,6,8,10-11H2,1-2H3/t14-,15-,18-,19-,20-,21-/m0/s1. The van der Waals surface area contributed by atoms with E-state index in [1.165, 1.54) is 18.2 Å². The molecule has 0 amide bonds. The Balaban J connectivity index is 1.82. The van der Waals surface area contributed by atoms with Gasteiger partial charge < -0.3 is 5.11 Å². The molecular weight excluding hydrogens is 354 g/mol. The van der Waals surface area contributed by atoms with E-state index < -0.39 is 52.2 Å². The van der Waals surface area contributed by atoms with E-state index in [2.05, 4.69) is 0 Å². The number of rotatable bonds is 2. The van der Waals surface area contributed by atoms with Crippen LogP contribution in [0.25, 0.3) is 0 Å². The zero-order valence-corrected chi connectivity index (χ0v) is 15.6. The molecule has 0 saturated heterocycles. The molecule has 4 aliphatic rings. The molecule has 3 saturated carbocycles. The van der Waals surface area contributed by atoms with Crippen LogP contribution in [0.1, 0.15) is 46.0 Å². The highest BCUT2D eigenvalue weighted by molar-refractivity contribution is 6.03. The summed E-state index contributed by atoms with van der Waals surface area (Å²) in [4.78, 5) is 37.1. The fourth-order valence-electron chi connectivity index (χ4n) is 6.51. The van der Waals surface area contributed by atoms with Crippen molar-refractivity contribution in [2.75, 3.05) is 6.67 Å². The molecule has 0 heterocycles. The van der Waals surface area contributed by atoms with Crippen molar-refractivity contribution in [3.8, 4) is 0 Å². The zero-order valence-electron chi connectivity index (χ0n) is 15.6. The van der Waals surface area contributed by atoms with Crippen LogP contribution in [-0.4, -0.2) is 40.4 Å². The summed E-state index contributed by atoms with van der Waals surface area (Å²) in [6, 6.07) is 0. The number of halogens is 2. The summed E-state index contributed by atoms with van der Waals surface area (Å²) in [5.41, 5.74) is -5.87. The van der Waals surface area contributed by atoms with Gasteiger partial charge in [0.25, 0.3) is 0 Å². The first kappa shape index (κ1) is 18.7.